The molecule has 1 saturated heterocycles. The van der Waals surface area contributed by atoms with Crippen LogP contribution in [0.25, 0.3) is 4.85 Å². The monoisotopic (exact) mass is 343 g/mol. The summed E-state index contributed by atoms with van der Waals surface area (Å²) in [5.74, 6) is 0. The van der Waals surface area contributed by atoms with Gasteiger partial charge in [0.1, 0.15) is 26.7 Å². The van der Waals surface area contributed by atoms with Gasteiger partial charge in [0.15, 0.2) is 8.38 Å². The van der Waals surface area contributed by atoms with Crippen LogP contribution in [0.5, 0.6) is 0 Å². The molecule has 6 nitrogen and oxygen atoms in total. The van der Waals surface area contributed by atoms with Crippen molar-refractivity contribution < 1.29 is 23.3 Å². The minimum atomic E-state index is -1.12. The summed E-state index contributed by atoms with van der Waals surface area (Å²) in [4.78, 5) is 3.26. The molecule has 2 unspecified atom stereocenters. The maximum absolute atomic E-state index is 6.77. The lowest BCUT2D eigenvalue weighted by Gasteiger charge is -2.30. The summed E-state index contributed by atoms with van der Waals surface area (Å²) in [6, 6.07) is -0.539. The second-order valence-corrected chi connectivity index (χ2v) is 6.87. The number of methoxy groups -OCH3 is 1. The van der Waals surface area contributed by atoms with E-state index in [2.05, 4.69) is 4.85 Å². The summed E-state index contributed by atoms with van der Waals surface area (Å²) in [6.07, 6.45) is -0.200. The van der Waals surface area contributed by atoms with Gasteiger partial charge in [-0.25, -0.2) is 6.57 Å². The number of hydrogen-bond donors (Lipinski definition) is 0. The fraction of sp³-hybridized carbons (Fsp3) is 0.933. The molecule has 1 heterocycles. The molecule has 0 saturated carbocycles. The second kappa shape index (κ2) is 10.6. The number of rotatable bonds is 10. The molecule has 0 N–H and O–H groups in total. The molecule has 1 aliphatic rings. The zero-order valence-electron chi connectivity index (χ0n) is 14.6. The standard InChI is InChI=1S/C15H27BNO5P/c1-7-12-13(22-23(6)19-9-8-17-4)14(15(16)21-12)20-11(3)10(2)18-5/h10-15H,7-9H2,1-3,5-6H3/t10-,11-,12-,13+,14?,15-,23?/m1/s1. The van der Waals surface area contributed by atoms with Crippen LogP contribution in [0.1, 0.15) is 27.2 Å². The minimum absolute atomic E-state index is 0.0541. The van der Waals surface area contributed by atoms with Crippen LogP contribution in [-0.2, 0) is 23.3 Å². The molecule has 0 amide bonds. The van der Waals surface area contributed by atoms with Crippen LogP contribution in [0.2, 0.25) is 0 Å². The van der Waals surface area contributed by atoms with Gasteiger partial charge < -0.3 is 28.1 Å². The van der Waals surface area contributed by atoms with Gasteiger partial charge in [-0.1, -0.05) is 6.92 Å². The van der Waals surface area contributed by atoms with Gasteiger partial charge in [0, 0.05) is 19.8 Å². The molecule has 0 spiro atoms. The van der Waals surface area contributed by atoms with Crippen molar-refractivity contribution >= 4 is 16.2 Å². The third kappa shape index (κ3) is 6.30. The number of hydrogen-bond acceptors (Lipinski definition) is 5. The Balaban J connectivity index is 2.67. The van der Waals surface area contributed by atoms with Gasteiger partial charge in [-0.05, 0) is 20.3 Å². The number of ether oxygens (including phenoxy) is 3. The predicted molar refractivity (Wildman–Crippen MR) is 90.7 cm³/mol. The van der Waals surface area contributed by atoms with E-state index in [1.165, 1.54) is 0 Å². The third-order valence-corrected chi connectivity index (χ3v) is 4.99. The lowest BCUT2D eigenvalue weighted by atomic mass is 9.92. The van der Waals surface area contributed by atoms with Crippen molar-refractivity contribution in [3.63, 3.8) is 0 Å². The van der Waals surface area contributed by atoms with E-state index in [0.29, 0.717) is 13.2 Å². The molecule has 7 atom stereocenters. The van der Waals surface area contributed by atoms with Crippen LogP contribution in [-0.4, -0.2) is 71.3 Å². The smallest absolute Gasteiger partial charge is 0.238 e. The molecule has 2 radical (unpaired) electrons. The van der Waals surface area contributed by atoms with Crippen molar-refractivity contribution in [2.75, 3.05) is 26.9 Å². The zero-order chi connectivity index (χ0) is 17.4. The van der Waals surface area contributed by atoms with Gasteiger partial charge in [0.25, 0.3) is 0 Å². The van der Waals surface area contributed by atoms with Gasteiger partial charge in [-0.15, -0.1) is 0 Å². The summed E-state index contributed by atoms with van der Waals surface area (Å²) in [7, 11) is 6.61. The highest BCUT2D eigenvalue weighted by Crippen LogP contribution is 2.41. The lowest BCUT2D eigenvalue weighted by Crippen LogP contribution is -2.41. The van der Waals surface area contributed by atoms with E-state index in [-0.39, 0.29) is 30.5 Å². The fourth-order valence-electron chi connectivity index (χ4n) is 2.33. The molecule has 1 fully saturated rings. The Morgan fingerprint density at radius 1 is 1.30 bits per heavy atom. The van der Waals surface area contributed by atoms with E-state index < -0.39 is 14.4 Å². The minimum Gasteiger partial charge on any atom is -0.379 e. The predicted octanol–water partition coefficient (Wildman–Crippen LogP) is 2.36. The molecule has 0 aromatic heterocycles. The Bertz CT molecular complexity index is 383. The van der Waals surface area contributed by atoms with Gasteiger partial charge in [0.05, 0.1) is 18.3 Å². The Morgan fingerprint density at radius 3 is 2.57 bits per heavy atom. The normalized spacial score (nSPS) is 31.5. The molecule has 130 valence electrons. The van der Waals surface area contributed by atoms with E-state index in [1.54, 1.807) is 7.11 Å². The van der Waals surface area contributed by atoms with Crippen LogP contribution >= 0.6 is 8.38 Å². The molecule has 1 rings (SSSR count). The van der Waals surface area contributed by atoms with E-state index in [9.17, 15) is 0 Å². The maximum atomic E-state index is 6.77. The highest BCUT2D eigenvalue weighted by molar-refractivity contribution is 7.46. The van der Waals surface area contributed by atoms with Crippen LogP contribution in [0.15, 0.2) is 0 Å². The molecule has 0 aromatic rings. The molecular formula is C15H27BNO5P. The first kappa shape index (κ1) is 20.8. The van der Waals surface area contributed by atoms with E-state index >= 15 is 0 Å². The summed E-state index contributed by atoms with van der Waals surface area (Å²) >= 11 is 0. The molecule has 1 aliphatic heterocycles. The van der Waals surface area contributed by atoms with E-state index in [1.807, 2.05) is 27.4 Å². The molecular weight excluding hydrogens is 316 g/mol. The number of nitrogens with zero attached hydrogens (tertiary/aromatic N) is 1. The quantitative estimate of drug-likeness (QED) is 0.264. The topological polar surface area (TPSA) is 50.5 Å². The Hall–Kier alpha value is -0.215. The molecule has 0 bridgehead atoms. The molecule has 0 aromatic carbocycles. The van der Waals surface area contributed by atoms with Crippen molar-refractivity contribution in [1.82, 2.24) is 0 Å². The van der Waals surface area contributed by atoms with Gasteiger partial charge in [-0.2, -0.15) is 0 Å². The molecule has 23 heavy (non-hydrogen) atoms. The van der Waals surface area contributed by atoms with E-state index in [4.69, 9.17) is 37.7 Å². The van der Waals surface area contributed by atoms with Gasteiger partial charge >= 0.3 is 0 Å². The first-order chi connectivity index (χ1) is 10.9. The van der Waals surface area contributed by atoms with Gasteiger partial charge in [-0.3, -0.25) is 0 Å². The summed E-state index contributed by atoms with van der Waals surface area (Å²) < 4.78 is 28.7. The molecule has 8 heteroatoms. The summed E-state index contributed by atoms with van der Waals surface area (Å²) in [5.41, 5.74) is 0. The van der Waals surface area contributed by atoms with Crippen molar-refractivity contribution in [2.45, 2.75) is 63.7 Å². The van der Waals surface area contributed by atoms with Crippen molar-refractivity contribution in [3.05, 3.63) is 11.4 Å². The summed E-state index contributed by atoms with van der Waals surface area (Å²) in [5, 5.41) is 0. The summed E-state index contributed by atoms with van der Waals surface area (Å²) in [6.45, 7) is 15.2. The van der Waals surface area contributed by atoms with E-state index in [0.717, 1.165) is 6.42 Å². The zero-order valence-corrected chi connectivity index (χ0v) is 15.5. The average molecular weight is 343 g/mol. The van der Waals surface area contributed by atoms with Gasteiger partial charge in [0.2, 0.25) is 6.54 Å². The van der Waals surface area contributed by atoms with Crippen LogP contribution < -0.4 is 0 Å². The van der Waals surface area contributed by atoms with Crippen LogP contribution in [0.3, 0.4) is 0 Å². The van der Waals surface area contributed by atoms with Crippen LogP contribution in [0.4, 0.5) is 0 Å². The van der Waals surface area contributed by atoms with Crippen molar-refractivity contribution in [3.8, 4) is 0 Å². The average Bonchev–Trinajstić information content (AvgIpc) is 2.82. The first-order valence-corrected chi connectivity index (χ1v) is 9.52. The van der Waals surface area contributed by atoms with Crippen LogP contribution in [0, 0.1) is 6.57 Å². The maximum Gasteiger partial charge on any atom is 0.238 e. The SMILES string of the molecule is [B][C@@H]1O[C@H](CC)[C@H](OP(C)OCC[N+]#[C-])C1O[C@H](C)[C@@H](C)OC. The highest BCUT2D eigenvalue weighted by Gasteiger charge is 2.44. The molecule has 0 aliphatic carbocycles. The third-order valence-electron chi connectivity index (χ3n) is 3.90. The highest BCUT2D eigenvalue weighted by atomic mass is 31.2. The second-order valence-electron chi connectivity index (χ2n) is 5.52. The fourth-order valence-corrected chi connectivity index (χ4v) is 3.33. The Labute approximate surface area is 142 Å². The van der Waals surface area contributed by atoms with Crippen molar-refractivity contribution in [2.24, 2.45) is 0 Å². The Kier molecular flexibility index (Phi) is 9.61. The Morgan fingerprint density at radius 2 is 2.00 bits per heavy atom. The largest absolute Gasteiger partial charge is 0.379 e. The first-order valence-electron chi connectivity index (χ1n) is 7.90. The van der Waals surface area contributed by atoms with Crippen molar-refractivity contribution in [1.29, 1.82) is 0 Å². The lowest BCUT2D eigenvalue weighted by molar-refractivity contribution is -0.100.